The highest BCUT2D eigenvalue weighted by Crippen LogP contribution is 2.28. The number of ether oxygens (including phenoxy) is 2. The Kier molecular flexibility index (Phi) is 7.75. The third kappa shape index (κ3) is 5.89. The molecule has 196 valence electrons. The quantitative estimate of drug-likeness (QED) is 0.481. The molecule has 9 heteroatoms. The number of hydrogen-bond donors (Lipinski definition) is 1. The zero-order valence-corrected chi connectivity index (χ0v) is 22.6. The van der Waals surface area contributed by atoms with Gasteiger partial charge in [0.1, 0.15) is 22.5 Å². The highest BCUT2D eigenvalue weighted by molar-refractivity contribution is 7.92. The van der Waals surface area contributed by atoms with Crippen LogP contribution in [0.2, 0.25) is 0 Å². The van der Waals surface area contributed by atoms with E-state index in [-0.39, 0.29) is 28.7 Å². The number of hydrogen-bond acceptors (Lipinski definition) is 6. The Hall–Kier alpha value is -3.56. The van der Waals surface area contributed by atoms with Crippen LogP contribution < -0.4 is 14.2 Å². The summed E-state index contributed by atoms with van der Waals surface area (Å²) >= 11 is 0. The standard InChI is InChI=1S/C28H33N3O5S/c1-19-13-14-20(2)23(15-19)28(32)31-17-24(30(3)4)26(18-31)36-22-10-8-9-21(16-22)29-37(33,34)27-12-7-6-11-25(27)35-5/h6-16,24,26,29H,17-18H2,1-5H3. The van der Waals surface area contributed by atoms with Crippen molar-refractivity contribution in [1.29, 1.82) is 0 Å². The van der Waals surface area contributed by atoms with E-state index in [2.05, 4.69) is 9.62 Å². The molecule has 0 spiro atoms. The molecule has 1 saturated heterocycles. The van der Waals surface area contributed by atoms with Crippen molar-refractivity contribution in [3.05, 3.63) is 83.4 Å². The summed E-state index contributed by atoms with van der Waals surface area (Å²) in [6.07, 6.45) is -0.287. The van der Waals surface area contributed by atoms with Gasteiger partial charge >= 0.3 is 0 Å². The molecule has 2 atom stereocenters. The highest BCUT2D eigenvalue weighted by Gasteiger charge is 2.38. The largest absolute Gasteiger partial charge is 0.495 e. The number of nitrogens with zero attached hydrogens (tertiary/aromatic N) is 2. The number of rotatable bonds is 8. The van der Waals surface area contributed by atoms with Gasteiger partial charge in [-0.1, -0.05) is 35.9 Å². The van der Waals surface area contributed by atoms with Gasteiger partial charge in [0, 0.05) is 18.2 Å². The molecule has 1 aliphatic rings. The average molecular weight is 524 g/mol. The molecule has 37 heavy (non-hydrogen) atoms. The Morgan fingerprint density at radius 1 is 1.00 bits per heavy atom. The molecular weight excluding hydrogens is 490 g/mol. The van der Waals surface area contributed by atoms with Crippen molar-refractivity contribution in [3.63, 3.8) is 0 Å². The third-order valence-electron chi connectivity index (χ3n) is 6.54. The number of sulfonamides is 1. The first kappa shape index (κ1) is 26.5. The first-order valence-electron chi connectivity index (χ1n) is 12.0. The maximum absolute atomic E-state index is 13.3. The second-order valence-corrected chi connectivity index (χ2v) is 11.2. The summed E-state index contributed by atoms with van der Waals surface area (Å²) in [5.41, 5.74) is 3.05. The molecule has 1 fully saturated rings. The lowest BCUT2D eigenvalue weighted by molar-refractivity contribution is 0.0771. The number of carbonyl (C=O) groups excluding carboxylic acids is 1. The van der Waals surface area contributed by atoms with Crippen LogP contribution in [-0.4, -0.2) is 70.6 Å². The van der Waals surface area contributed by atoms with Crippen LogP contribution in [0, 0.1) is 13.8 Å². The Labute approximate surface area is 218 Å². The van der Waals surface area contributed by atoms with Crippen LogP contribution >= 0.6 is 0 Å². The summed E-state index contributed by atoms with van der Waals surface area (Å²) in [6.45, 7) is 4.87. The van der Waals surface area contributed by atoms with E-state index in [1.807, 2.05) is 51.0 Å². The Morgan fingerprint density at radius 3 is 2.49 bits per heavy atom. The predicted octanol–water partition coefficient (Wildman–Crippen LogP) is 3.95. The molecule has 4 rings (SSSR count). The van der Waals surface area contributed by atoms with Crippen LogP contribution in [0.4, 0.5) is 5.69 Å². The van der Waals surface area contributed by atoms with Gasteiger partial charge in [0.25, 0.3) is 15.9 Å². The summed E-state index contributed by atoms with van der Waals surface area (Å²) in [4.78, 5) is 17.3. The Morgan fingerprint density at radius 2 is 1.76 bits per heavy atom. The molecule has 1 aliphatic heterocycles. The van der Waals surface area contributed by atoms with Crippen LogP contribution in [0.3, 0.4) is 0 Å². The minimum atomic E-state index is -3.87. The van der Waals surface area contributed by atoms with Gasteiger partial charge in [0.05, 0.1) is 25.4 Å². The Balaban J connectivity index is 1.52. The van der Waals surface area contributed by atoms with E-state index in [9.17, 15) is 13.2 Å². The van der Waals surface area contributed by atoms with Gasteiger partial charge in [0.2, 0.25) is 0 Å². The molecule has 1 N–H and O–H groups in total. The van der Waals surface area contributed by atoms with Crippen molar-refractivity contribution < 1.29 is 22.7 Å². The normalized spacial score (nSPS) is 17.6. The van der Waals surface area contributed by atoms with Gasteiger partial charge in [-0.15, -0.1) is 0 Å². The average Bonchev–Trinajstić information content (AvgIpc) is 3.29. The van der Waals surface area contributed by atoms with Crippen molar-refractivity contribution >= 4 is 21.6 Å². The summed E-state index contributed by atoms with van der Waals surface area (Å²) in [7, 11) is 1.48. The second-order valence-electron chi connectivity index (χ2n) is 9.50. The fourth-order valence-corrected chi connectivity index (χ4v) is 5.75. The van der Waals surface area contributed by atoms with Crippen LogP contribution in [0.1, 0.15) is 21.5 Å². The van der Waals surface area contributed by atoms with E-state index in [0.29, 0.717) is 30.1 Å². The van der Waals surface area contributed by atoms with Gasteiger partial charge in [-0.3, -0.25) is 9.52 Å². The lowest BCUT2D eigenvalue weighted by Crippen LogP contribution is -2.41. The van der Waals surface area contributed by atoms with Crippen molar-refractivity contribution in [3.8, 4) is 11.5 Å². The molecule has 1 amide bonds. The summed E-state index contributed by atoms with van der Waals surface area (Å²) < 4.78 is 40.1. The Bertz CT molecular complexity index is 1390. The zero-order chi connectivity index (χ0) is 26.7. The fourth-order valence-electron chi connectivity index (χ4n) is 4.53. The monoisotopic (exact) mass is 523 g/mol. The van der Waals surface area contributed by atoms with E-state index >= 15 is 0 Å². The first-order valence-corrected chi connectivity index (χ1v) is 13.5. The maximum atomic E-state index is 13.3. The van der Waals surface area contributed by atoms with Gasteiger partial charge in [-0.05, 0) is 63.8 Å². The highest BCUT2D eigenvalue weighted by atomic mass is 32.2. The summed E-state index contributed by atoms with van der Waals surface area (Å²) in [6, 6.07) is 19.1. The SMILES string of the molecule is COc1ccccc1S(=O)(=O)Nc1cccc(OC2CN(C(=O)c3cc(C)ccc3C)CC2N(C)C)c1. The maximum Gasteiger partial charge on any atom is 0.265 e. The van der Waals surface area contributed by atoms with E-state index < -0.39 is 10.0 Å². The zero-order valence-electron chi connectivity index (χ0n) is 21.8. The van der Waals surface area contributed by atoms with Crippen LogP contribution in [-0.2, 0) is 10.0 Å². The number of nitrogens with one attached hydrogen (secondary N) is 1. The number of anilines is 1. The number of methoxy groups -OCH3 is 1. The minimum absolute atomic E-state index is 0.0162. The smallest absolute Gasteiger partial charge is 0.265 e. The number of para-hydroxylation sites is 1. The molecule has 0 bridgehead atoms. The van der Waals surface area contributed by atoms with E-state index in [0.717, 1.165) is 11.1 Å². The molecular formula is C28H33N3O5S. The number of aryl methyl sites for hydroxylation is 2. The van der Waals surface area contributed by atoms with Crippen LogP contribution in [0.15, 0.2) is 71.6 Å². The fraction of sp³-hybridized carbons (Fsp3) is 0.321. The molecule has 8 nitrogen and oxygen atoms in total. The number of likely N-dealkylation sites (N-methyl/N-ethyl adjacent to an activating group) is 1. The van der Waals surface area contributed by atoms with Crippen molar-refractivity contribution in [1.82, 2.24) is 9.80 Å². The van der Waals surface area contributed by atoms with Gasteiger partial charge in [-0.2, -0.15) is 0 Å². The lowest BCUT2D eigenvalue weighted by atomic mass is 10.0. The molecule has 3 aromatic carbocycles. The van der Waals surface area contributed by atoms with Crippen molar-refractivity contribution in [2.45, 2.75) is 30.9 Å². The first-order chi connectivity index (χ1) is 17.6. The van der Waals surface area contributed by atoms with E-state index in [1.165, 1.54) is 13.2 Å². The van der Waals surface area contributed by atoms with Gasteiger partial charge in [0.15, 0.2) is 0 Å². The van der Waals surface area contributed by atoms with Crippen molar-refractivity contribution in [2.75, 3.05) is 39.0 Å². The molecule has 0 saturated carbocycles. The third-order valence-corrected chi connectivity index (χ3v) is 7.96. The van der Waals surface area contributed by atoms with Crippen LogP contribution in [0.5, 0.6) is 11.5 Å². The summed E-state index contributed by atoms with van der Waals surface area (Å²) in [5.74, 6) is 0.756. The number of likely N-dealkylation sites (tertiary alicyclic amines) is 1. The molecule has 3 aromatic rings. The number of benzene rings is 3. The summed E-state index contributed by atoms with van der Waals surface area (Å²) in [5, 5.41) is 0. The lowest BCUT2D eigenvalue weighted by Gasteiger charge is -2.25. The van der Waals surface area contributed by atoms with Crippen molar-refractivity contribution in [2.24, 2.45) is 0 Å². The molecule has 0 radical (unpaired) electrons. The molecule has 2 unspecified atom stereocenters. The molecule has 0 aromatic heterocycles. The number of amides is 1. The topological polar surface area (TPSA) is 88.2 Å². The van der Waals surface area contributed by atoms with Gasteiger partial charge < -0.3 is 19.3 Å². The predicted molar refractivity (Wildman–Crippen MR) is 144 cm³/mol. The molecule has 1 heterocycles. The van der Waals surface area contributed by atoms with Gasteiger partial charge in [-0.25, -0.2) is 8.42 Å². The second kappa shape index (κ2) is 10.8. The van der Waals surface area contributed by atoms with E-state index in [4.69, 9.17) is 9.47 Å². The number of carbonyl (C=O) groups is 1. The minimum Gasteiger partial charge on any atom is -0.495 e. The van der Waals surface area contributed by atoms with Crippen LogP contribution in [0.25, 0.3) is 0 Å². The van der Waals surface area contributed by atoms with E-state index in [1.54, 1.807) is 42.5 Å². The molecule has 0 aliphatic carbocycles.